The number of anilines is 1. The van der Waals surface area contributed by atoms with E-state index >= 15 is 0 Å². The van der Waals surface area contributed by atoms with Crippen molar-refractivity contribution in [3.8, 4) is 0 Å². The molecule has 0 fully saturated rings. The number of nitrogens with zero attached hydrogens (tertiary/aromatic N) is 1. The summed E-state index contributed by atoms with van der Waals surface area (Å²) in [6.07, 6.45) is 0. The number of rotatable bonds is 7. The highest BCUT2D eigenvalue weighted by molar-refractivity contribution is 8.00. The second-order valence-electron chi connectivity index (χ2n) is 6.07. The van der Waals surface area contributed by atoms with Crippen LogP contribution in [0.2, 0.25) is 0 Å². The summed E-state index contributed by atoms with van der Waals surface area (Å²) < 4.78 is 5.13. The molecule has 2 aromatic carbocycles. The van der Waals surface area contributed by atoms with Gasteiger partial charge in [0.05, 0.1) is 11.3 Å². The Kier molecular flexibility index (Phi) is 7.43. The molecule has 0 aliphatic rings. The van der Waals surface area contributed by atoms with Crippen molar-refractivity contribution >= 4 is 35.2 Å². The molecule has 0 aliphatic carbocycles. The van der Waals surface area contributed by atoms with Gasteiger partial charge in [0.25, 0.3) is 5.91 Å². The Morgan fingerprint density at radius 1 is 1.07 bits per heavy atom. The average molecular weight is 386 g/mol. The number of carbonyl (C=O) groups is 3. The maximum absolute atomic E-state index is 12.3. The van der Waals surface area contributed by atoms with Gasteiger partial charge in [-0.15, -0.1) is 11.8 Å². The topological polar surface area (TPSA) is 75.7 Å². The van der Waals surface area contributed by atoms with Crippen LogP contribution in [-0.2, 0) is 14.3 Å². The molecule has 0 aliphatic heterocycles. The zero-order valence-electron chi connectivity index (χ0n) is 15.5. The molecule has 1 N–H and O–H groups in total. The number of hydrogen-bond acceptors (Lipinski definition) is 5. The van der Waals surface area contributed by atoms with Gasteiger partial charge in [-0.05, 0) is 36.8 Å². The minimum atomic E-state index is -0.602. The fourth-order valence-electron chi connectivity index (χ4n) is 2.16. The van der Waals surface area contributed by atoms with E-state index < -0.39 is 11.9 Å². The number of amides is 2. The molecule has 2 amide bonds. The summed E-state index contributed by atoms with van der Waals surface area (Å²) in [6.45, 7) is 1.54. The number of ether oxygens (including phenoxy) is 1. The van der Waals surface area contributed by atoms with E-state index in [1.807, 2.05) is 25.1 Å². The van der Waals surface area contributed by atoms with Crippen molar-refractivity contribution in [2.45, 2.75) is 11.8 Å². The summed E-state index contributed by atoms with van der Waals surface area (Å²) in [6, 6.07) is 14.2. The van der Waals surface area contributed by atoms with Crippen molar-refractivity contribution < 1.29 is 19.1 Å². The first-order valence-electron chi connectivity index (χ1n) is 8.32. The normalized spacial score (nSPS) is 10.2. The Labute approximate surface area is 162 Å². The van der Waals surface area contributed by atoms with Crippen molar-refractivity contribution in [3.63, 3.8) is 0 Å². The Balaban J connectivity index is 1.93. The molecule has 0 heterocycles. The Morgan fingerprint density at radius 2 is 1.81 bits per heavy atom. The summed E-state index contributed by atoms with van der Waals surface area (Å²) >= 11 is 1.26. The number of esters is 1. The minimum Gasteiger partial charge on any atom is -0.452 e. The summed E-state index contributed by atoms with van der Waals surface area (Å²) in [5.74, 6) is -0.858. The summed E-state index contributed by atoms with van der Waals surface area (Å²) in [4.78, 5) is 38.2. The largest absolute Gasteiger partial charge is 0.452 e. The molecule has 2 rings (SSSR count). The van der Waals surface area contributed by atoms with Crippen LogP contribution in [0, 0.1) is 6.92 Å². The molecule has 0 spiro atoms. The highest BCUT2D eigenvalue weighted by atomic mass is 32.2. The van der Waals surface area contributed by atoms with Gasteiger partial charge in [-0.2, -0.15) is 0 Å². The maximum Gasteiger partial charge on any atom is 0.339 e. The highest BCUT2D eigenvalue weighted by Crippen LogP contribution is 2.23. The SMILES string of the molecule is Cc1cccc(NC(=O)COC(=O)c2ccccc2SCC(=O)N(C)C)c1. The van der Waals surface area contributed by atoms with Crippen LogP contribution in [0.1, 0.15) is 15.9 Å². The minimum absolute atomic E-state index is 0.0549. The zero-order valence-corrected chi connectivity index (χ0v) is 16.3. The highest BCUT2D eigenvalue weighted by Gasteiger charge is 2.16. The van der Waals surface area contributed by atoms with Gasteiger partial charge < -0.3 is 15.0 Å². The van der Waals surface area contributed by atoms with Crippen LogP contribution < -0.4 is 5.32 Å². The molecule has 0 unspecified atom stereocenters. The fourth-order valence-corrected chi connectivity index (χ4v) is 3.18. The number of aryl methyl sites for hydroxylation is 1. The van der Waals surface area contributed by atoms with Gasteiger partial charge in [-0.1, -0.05) is 24.3 Å². The van der Waals surface area contributed by atoms with Gasteiger partial charge in [0.15, 0.2) is 6.61 Å². The van der Waals surface area contributed by atoms with Crippen molar-refractivity contribution in [1.82, 2.24) is 4.90 Å². The fraction of sp³-hybridized carbons (Fsp3) is 0.250. The smallest absolute Gasteiger partial charge is 0.339 e. The molecule has 2 aromatic rings. The Bertz CT molecular complexity index is 836. The third kappa shape index (κ3) is 6.45. The molecule has 142 valence electrons. The molecule has 27 heavy (non-hydrogen) atoms. The van der Waals surface area contributed by atoms with Crippen molar-refractivity contribution in [3.05, 3.63) is 59.7 Å². The summed E-state index contributed by atoms with van der Waals surface area (Å²) in [5, 5.41) is 2.69. The lowest BCUT2D eigenvalue weighted by molar-refractivity contribution is -0.125. The van der Waals surface area contributed by atoms with E-state index in [9.17, 15) is 14.4 Å². The van der Waals surface area contributed by atoms with Gasteiger partial charge in [0.2, 0.25) is 5.91 Å². The lowest BCUT2D eigenvalue weighted by Crippen LogP contribution is -2.23. The van der Waals surface area contributed by atoms with Crippen LogP contribution in [0.3, 0.4) is 0 Å². The van der Waals surface area contributed by atoms with Crippen LogP contribution in [-0.4, -0.2) is 49.1 Å². The van der Waals surface area contributed by atoms with Crippen molar-refractivity contribution in [1.29, 1.82) is 0 Å². The summed E-state index contributed by atoms with van der Waals surface area (Å²) in [5.41, 5.74) is 2.00. The third-order valence-electron chi connectivity index (χ3n) is 3.59. The Morgan fingerprint density at radius 3 is 2.52 bits per heavy atom. The molecule has 0 atom stereocenters. The molecule has 7 heteroatoms. The zero-order chi connectivity index (χ0) is 19.8. The van der Waals surface area contributed by atoms with E-state index in [2.05, 4.69) is 5.32 Å². The molecule has 0 saturated carbocycles. The van der Waals surface area contributed by atoms with Gasteiger partial charge >= 0.3 is 5.97 Å². The lowest BCUT2D eigenvalue weighted by Gasteiger charge is -2.12. The first-order valence-corrected chi connectivity index (χ1v) is 9.31. The van der Waals surface area contributed by atoms with Gasteiger partial charge in [0, 0.05) is 24.7 Å². The molecule has 0 aromatic heterocycles. The van der Waals surface area contributed by atoms with Crippen LogP contribution in [0.5, 0.6) is 0 Å². The number of benzene rings is 2. The second-order valence-corrected chi connectivity index (χ2v) is 7.08. The average Bonchev–Trinajstić information content (AvgIpc) is 2.64. The molecular weight excluding hydrogens is 364 g/mol. The molecule has 0 saturated heterocycles. The first kappa shape index (κ1) is 20.5. The van der Waals surface area contributed by atoms with Crippen LogP contribution in [0.4, 0.5) is 5.69 Å². The standard InChI is InChI=1S/C20H22N2O4S/c1-14-7-6-8-15(11-14)21-18(23)12-26-20(25)16-9-4-5-10-17(16)27-13-19(24)22(2)3/h4-11H,12-13H2,1-3H3,(H,21,23). The van der Waals surface area contributed by atoms with E-state index in [-0.39, 0.29) is 18.3 Å². The van der Waals surface area contributed by atoms with Gasteiger partial charge in [-0.3, -0.25) is 9.59 Å². The van der Waals surface area contributed by atoms with Crippen molar-refractivity contribution in [2.75, 3.05) is 31.8 Å². The first-order chi connectivity index (χ1) is 12.9. The van der Waals surface area contributed by atoms with Crippen molar-refractivity contribution in [2.24, 2.45) is 0 Å². The van der Waals surface area contributed by atoms with E-state index in [0.717, 1.165) is 5.56 Å². The van der Waals surface area contributed by atoms with E-state index in [1.165, 1.54) is 16.7 Å². The van der Waals surface area contributed by atoms with Gasteiger partial charge in [-0.25, -0.2) is 4.79 Å². The molecule has 0 bridgehead atoms. The van der Waals surface area contributed by atoms with E-state index in [4.69, 9.17) is 4.74 Å². The summed E-state index contributed by atoms with van der Waals surface area (Å²) in [7, 11) is 3.35. The predicted molar refractivity (Wildman–Crippen MR) is 106 cm³/mol. The second kappa shape index (κ2) is 9.78. The molecule has 6 nitrogen and oxygen atoms in total. The van der Waals surface area contributed by atoms with Crippen LogP contribution >= 0.6 is 11.8 Å². The quantitative estimate of drug-likeness (QED) is 0.585. The number of thioether (sulfide) groups is 1. The van der Waals surface area contributed by atoms with E-state index in [0.29, 0.717) is 16.1 Å². The molecule has 0 radical (unpaired) electrons. The number of nitrogens with one attached hydrogen (secondary N) is 1. The number of carbonyl (C=O) groups excluding carboxylic acids is 3. The number of hydrogen-bond donors (Lipinski definition) is 1. The van der Waals surface area contributed by atoms with Crippen LogP contribution in [0.15, 0.2) is 53.4 Å². The van der Waals surface area contributed by atoms with Crippen LogP contribution in [0.25, 0.3) is 0 Å². The maximum atomic E-state index is 12.3. The predicted octanol–water partition coefficient (Wildman–Crippen LogP) is 2.97. The Hall–Kier alpha value is -2.80. The van der Waals surface area contributed by atoms with E-state index in [1.54, 1.807) is 44.4 Å². The van der Waals surface area contributed by atoms with Gasteiger partial charge in [0.1, 0.15) is 0 Å². The third-order valence-corrected chi connectivity index (χ3v) is 4.65. The molecular formula is C20H22N2O4S. The monoisotopic (exact) mass is 386 g/mol. The lowest BCUT2D eigenvalue weighted by atomic mass is 10.2.